The van der Waals surface area contributed by atoms with Crippen molar-refractivity contribution in [3.8, 4) is 0 Å². The Morgan fingerprint density at radius 3 is 2.46 bits per heavy atom. The molecule has 0 aliphatic carbocycles. The average Bonchev–Trinajstić information content (AvgIpc) is 2.77. The number of rotatable bonds is 6. The van der Waals surface area contributed by atoms with Gasteiger partial charge in [0.2, 0.25) is 0 Å². The average molecular weight is 374 g/mol. The van der Waals surface area contributed by atoms with E-state index in [1.165, 1.54) is 32.1 Å². The number of benzene rings is 1. The van der Waals surface area contributed by atoms with Crippen molar-refractivity contribution in [1.82, 2.24) is 4.90 Å². The van der Waals surface area contributed by atoms with Gasteiger partial charge >= 0.3 is 0 Å². The van der Waals surface area contributed by atoms with Crippen molar-refractivity contribution < 1.29 is 24.2 Å². The molecule has 6 nitrogen and oxygen atoms in total. The standard InChI is InChI=1S/C16H17Cl2NO5/c1-8(20)13-14(10-5-4-9(17)6-11(10)18)19(16(22)15(13)21)7-12(23-2)24-3/h4-6,12,14,21H,7H2,1-3H3/t14-/m0/s1. The summed E-state index contributed by atoms with van der Waals surface area (Å²) in [7, 11) is 2.86. The van der Waals surface area contributed by atoms with Crippen LogP contribution in [-0.2, 0) is 19.1 Å². The van der Waals surface area contributed by atoms with E-state index < -0.39 is 29.8 Å². The van der Waals surface area contributed by atoms with E-state index in [0.29, 0.717) is 10.6 Å². The summed E-state index contributed by atoms with van der Waals surface area (Å²) in [5.41, 5.74) is 0.463. The first-order valence-electron chi connectivity index (χ1n) is 7.07. The van der Waals surface area contributed by atoms with Crippen LogP contribution in [0.4, 0.5) is 0 Å². The highest BCUT2D eigenvalue weighted by Gasteiger charge is 2.44. The number of halogens is 2. The fourth-order valence-corrected chi connectivity index (χ4v) is 3.17. The molecule has 1 amide bonds. The zero-order chi connectivity index (χ0) is 18.0. The number of Topliss-reactive ketones (excluding diaryl/α,β-unsaturated/α-hetero) is 1. The van der Waals surface area contributed by atoms with Crippen molar-refractivity contribution in [3.63, 3.8) is 0 Å². The van der Waals surface area contributed by atoms with Crippen molar-refractivity contribution >= 4 is 34.9 Å². The summed E-state index contributed by atoms with van der Waals surface area (Å²) in [5, 5.41) is 10.9. The Balaban J connectivity index is 2.54. The van der Waals surface area contributed by atoms with Crippen LogP contribution in [0, 0.1) is 0 Å². The van der Waals surface area contributed by atoms with Crippen LogP contribution < -0.4 is 0 Å². The van der Waals surface area contributed by atoms with Gasteiger partial charge < -0.3 is 19.5 Å². The summed E-state index contributed by atoms with van der Waals surface area (Å²) in [6.07, 6.45) is -0.721. The maximum atomic E-state index is 12.4. The molecule has 1 atom stereocenters. The number of ketones is 1. The fraction of sp³-hybridized carbons (Fsp3) is 0.375. The number of ether oxygens (including phenoxy) is 2. The summed E-state index contributed by atoms with van der Waals surface area (Å²) in [6, 6.07) is 3.89. The van der Waals surface area contributed by atoms with E-state index in [4.69, 9.17) is 32.7 Å². The van der Waals surface area contributed by atoms with Crippen molar-refractivity contribution in [2.24, 2.45) is 0 Å². The molecule has 0 saturated carbocycles. The van der Waals surface area contributed by atoms with Gasteiger partial charge in [0.25, 0.3) is 5.91 Å². The number of aliphatic hydroxyl groups excluding tert-OH is 1. The molecule has 1 aliphatic heterocycles. The lowest BCUT2D eigenvalue weighted by atomic mass is 9.96. The molecule has 0 saturated heterocycles. The molecular weight excluding hydrogens is 357 g/mol. The predicted molar refractivity (Wildman–Crippen MR) is 89.1 cm³/mol. The second-order valence-electron chi connectivity index (χ2n) is 5.25. The van der Waals surface area contributed by atoms with Crippen LogP contribution in [0.25, 0.3) is 0 Å². The smallest absolute Gasteiger partial charge is 0.290 e. The van der Waals surface area contributed by atoms with Crippen molar-refractivity contribution in [1.29, 1.82) is 0 Å². The van der Waals surface area contributed by atoms with Gasteiger partial charge in [-0.3, -0.25) is 9.59 Å². The molecule has 1 N–H and O–H groups in total. The molecule has 130 valence electrons. The molecule has 1 aromatic carbocycles. The van der Waals surface area contributed by atoms with Gasteiger partial charge in [-0.25, -0.2) is 0 Å². The molecular formula is C16H17Cl2NO5. The summed E-state index contributed by atoms with van der Waals surface area (Å²) in [5.74, 6) is -1.70. The largest absolute Gasteiger partial charge is 0.503 e. The predicted octanol–water partition coefficient (Wildman–Crippen LogP) is 2.90. The van der Waals surface area contributed by atoms with Crippen LogP contribution >= 0.6 is 23.2 Å². The molecule has 0 fully saturated rings. The molecule has 1 heterocycles. The van der Waals surface area contributed by atoms with Crippen LogP contribution in [-0.4, -0.2) is 48.8 Å². The zero-order valence-electron chi connectivity index (χ0n) is 13.4. The van der Waals surface area contributed by atoms with Crippen LogP contribution in [0.2, 0.25) is 10.0 Å². The second-order valence-corrected chi connectivity index (χ2v) is 6.09. The molecule has 1 aliphatic rings. The molecule has 8 heteroatoms. The van der Waals surface area contributed by atoms with Crippen LogP contribution in [0.5, 0.6) is 0 Å². The highest BCUT2D eigenvalue weighted by molar-refractivity contribution is 6.35. The van der Waals surface area contributed by atoms with Crippen LogP contribution in [0.3, 0.4) is 0 Å². The molecule has 0 radical (unpaired) electrons. The Morgan fingerprint density at radius 2 is 1.96 bits per heavy atom. The molecule has 24 heavy (non-hydrogen) atoms. The second kappa shape index (κ2) is 7.53. The van der Waals surface area contributed by atoms with Gasteiger partial charge in [-0.05, 0) is 24.6 Å². The first kappa shape index (κ1) is 18.7. The Bertz CT molecular complexity index is 700. The first-order valence-corrected chi connectivity index (χ1v) is 7.83. The van der Waals surface area contributed by atoms with Crippen molar-refractivity contribution in [2.45, 2.75) is 19.3 Å². The lowest BCUT2D eigenvalue weighted by Crippen LogP contribution is -2.39. The topological polar surface area (TPSA) is 76.1 Å². The summed E-state index contributed by atoms with van der Waals surface area (Å²) >= 11 is 12.2. The van der Waals surface area contributed by atoms with E-state index in [1.807, 2.05) is 0 Å². The summed E-state index contributed by atoms with van der Waals surface area (Å²) < 4.78 is 10.2. The van der Waals surface area contributed by atoms with Gasteiger partial charge in [0.05, 0.1) is 18.2 Å². The fourth-order valence-electron chi connectivity index (χ4n) is 2.65. The number of aliphatic hydroxyl groups is 1. The molecule has 0 spiro atoms. The van der Waals surface area contributed by atoms with E-state index in [9.17, 15) is 14.7 Å². The molecule has 0 aromatic heterocycles. The highest BCUT2D eigenvalue weighted by Crippen LogP contribution is 2.41. The third-order valence-corrected chi connectivity index (χ3v) is 4.37. The maximum absolute atomic E-state index is 12.4. The number of hydrogen-bond donors (Lipinski definition) is 1. The Kier molecular flexibility index (Phi) is 5.87. The van der Waals surface area contributed by atoms with Crippen LogP contribution in [0.1, 0.15) is 18.5 Å². The lowest BCUT2D eigenvalue weighted by molar-refractivity contribution is -0.144. The Morgan fingerprint density at radius 1 is 1.33 bits per heavy atom. The number of carbonyl (C=O) groups is 2. The zero-order valence-corrected chi connectivity index (χ0v) is 14.9. The van der Waals surface area contributed by atoms with E-state index in [-0.39, 0.29) is 17.1 Å². The van der Waals surface area contributed by atoms with Gasteiger partial charge in [-0.15, -0.1) is 0 Å². The van der Waals surface area contributed by atoms with E-state index in [2.05, 4.69) is 0 Å². The molecule has 0 unspecified atom stereocenters. The number of carbonyl (C=O) groups excluding carboxylic acids is 2. The minimum Gasteiger partial charge on any atom is -0.503 e. The van der Waals surface area contributed by atoms with E-state index in [0.717, 1.165) is 0 Å². The third kappa shape index (κ3) is 3.42. The molecule has 1 aromatic rings. The lowest BCUT2D eigenvalue weighted by Gasteiger charge is -2.29. The Labute approximate surface area is 149 Å². The number of methoxy groups -OCH3 is 2. The normalized spacial score (nSPS) is 18.0. The number of nitrogens with zero attached hydrogens (tertiary/aromatic N) is 1. The van der Waals surface area contributed by atoms with Gasteiger partial charge in [0.15, 0.2) is 17.8 Å². The summed E-state index contributed by atoms with van der Waals surface area (Å²) in [6.45, 7) is 1.29. The van der Waals surface area contributed by atoms with E-state index >= 15 is 0 Å². The van der Waals surface area contributed by atoms with Gasteiger partial charge in [-0.2, -0.15) is 0 Å². The van der Waals surface area contributed by atoms with E-state index in [1.54, 1.807) is 12.1 Å². The highest BCUT2D eigenvalue weighted by atomic mass is 35.5. The number of hydrogen-bond acceptors (Lipinski definition) is 5. The maximum Gasteiger partial charge on any atom is 0.290 e. The SMILES string of the molecule is COC(CN1C(=O)C(O)=C(C(C)=O)[C@@H]1c1ccc(Cl)cc1Cl)OC. The Hall–Kier alpha value is -1.60. The molecule has 0 bridgehead atoms. The van der Waals surface area contributed by atoms with Gasteiger partial charge in [0.1, 0.15) is 0 Å². The third-order valence-electron chi connectivity index (χ3n) is 3.81. The van der Waals surface area contributed by atoms with Crippen molar-refractivity contribution in [3.05, 3.63) is 45.1 Å². The number of amides is 1. The van der Waals surface area contributed by atoms with Crippen LogP contribution in [0.15, 0.2) is 29.5 Å². The molecule has 2 rings (SSSR count). The minimum atomic E-state index is -0.840. The first-order chi connectivity index (χ1) is 11.3. The quantitative estimate of drug-likeness (QED) is 0.775. The summed E-state index contributed by atoms with van der Waals surface area (Å²) in [4.78, 5) is 25.7. The van der Waals surface area contributed by atoms with Gasteiger partial charge in [0, 0.05) is 24.3 Å². The van der Waals surface area contributed by atoms with Gasteiger partial charge in [-0.1, -0.05) is 29.3 Å². The monoisotopic (exact) mass is 373 g/mol. The van der Waals surface area contributed by atoms with Crippen molar-refractivity contribution in [2.75, 3.05) is 20.8 Å². The minimum absolute atomic E-state index is 0.0102.